The van der Waals surface area contributed by atoms with Crippen LogP contribution >= 0.6 is 0 Å². The van der Waals surface area contributed by atoms with Crippen molar-refractivity contribution in [2.45, 2.75) is 97.5 Å². The first-order valence-electron chi connectivity index (χ1n) is 13.7. The predicted octanol–water partition coefficient (Wildman–Crippen LogP) is 5.10. The molecule has 0 aromatic rings. The molecule has 5 unspecified atom stereocenters. The van der Waals surface area contributed by atoms with Gasteiger partial charge in [0.1, 0.15) is 0 Å². The SMILES string of the molecule is CC(CCC(=O)NCCN(C)C)[C@H]1CCC2C3CCC4C[C@H](O)CC[C@]4(C)C3CC[C@@]21C. The molecule has 2 N–H and O–H groups in total. The number of aliphatic hydroxyl groups excluding tert-OH is 1. The summed E-state index contributed by atoms with van der Waals surface area (Å²) >= 11 is 0. The summed E-state index contributed by atoms with van der Waals surface area (Å²) in [5.41, 5.74) is 0.942. The molecule has 0 heterocycles. The van der Waals surface area contributed by atoms with E-state index >= 15 is 0 Å². The van der Waals surface area contributed by atoms with Gasteiger partial charge in [-0.15, -0.1) is 0 Å². The number of rotatable bonds is 7. The summed E-state index contributed by atoms with van der Waals surface area (Å²) in [5.74, 6) is 5.05. The second kappa shape index (κ2) is 9.56. The van der Waals surface area contributed by atoms with Crippen LogP contribution < -0.4 is 5.32 Å². The molecule has 0 aromatic heterocycles. The number of nitrogens with zero attached hydrogens (tertiary/aromatic N) is 1. The molecule has 4 rings (SSSR count). The molecule has 0 aliphatic heterocycles. The number of hydrogen-bond acceptors (Lipinski definition) is 3. The van der Waals surface area contributed by atoms with Crippen LogP contribution in [0.4, 0.5) is 0 Å². The van der Waals surface area contributed by atoms with Crippen molar-refractivity contribution in [2.24, 2.45) is 46.3 Å². The van der Waals surface area contributed by atoms with Crippen LogP contribution in [0.2, 0.25) is 0 Å². The molecule has 4 fully saturated rings. The first-order chi connectivity index (χ1) is 15.1. The number of nitrogens with one attached hydrogen (secondary N) is 1. The van der Waals surface area contributed by atoms with E-state index in [0.29, 0.717) is 23.2 Å². The Morgan fingerprint density at radius 1 is 1.03 bits per heavy atom. The van der Waals surface area contributed by atoms with Gasteiger partial charge in [-0.25, -0.2) is 0 Å². The largest absolute Gasteiger partial charge is 0.393 e. The van der Waals surface area contributed by atoms with Crippen LogP contribution in [-0.2, 0) is 4.79 Å². The van der Waals surface area contributed by atoms with Gasteiger partial charge in [0, 0.05) is 19.5 Å². The van der Waals surface area contributed by atoms with Gasteiger partial charge in [-0.05, 0) is 125 Å². The summed E-state index contributed by atoms with van der Waals surface area (Å²) < 4.78 is 0. The second-order valence-electron chi connectivity index (χ2n) is 13.0. The molecule has 4 saturated carbocycles. The minimum absolute atomic E-state index is 0.0460. The van der Waals surface area contributed by atoms with Crippen molar-refractivity contribution >= 4 is 5.91 Å². The van der Waals surface area contributed by atoms with Crippen LogP contribution in [0, 0.1) is 46.3 Å². The monoisotopic (exact) mass is 446 g/mol. The summed E-state index contributed by atoms with van der Waals surface area (Å²) in [6.45, 7) is 9.30. The van der Waals surface area contributed by atoms with Crippen molar-refractivity contribution in [2.75, 3.05) is 27.2 Å². The lowest BCUT2D eigenvalue weighted by molar-refractivity contribution is -0.129. The number of likely N-dealkylation sites (N-methyl/N-ethyl adjacent to an activating group) is 1. The van der Waals surface area contributed by atoms with E-state index in [0.717, 1.165) is 61.9 Å². The Balaban J connectivity index is 1.36. The number of carbonyl (C=O) groups excluding carboxylic acids is 1. The number of aliphatic hydroxyl groups is 1. The molecule has 0 spiro atoms. The molecule has 0 bridgehead atoms. The van der Waals surface area contributed by atoms with Crippen LogP contribution in [0.1, 0.15) is 91.4 Å². The number of fused-ring (bicyclic) bond motifs is 5. The lowest BCUT2D eigenvalue weighted by Crippen LogP contribution is -2.54. The van der Waals surface area contributed by atoms with E-state index in [9.17, 15) is 9.90 Å². The van der Waals surface area contributed by atoms with Crippen molar-refractivity contribution < 1.29 is 9.90 Å². The smallest absolute Gasteiger partial charge is 0.220 e. The van der Waals surface area contributed by atoms with Gasteiger partial charge < -0.3 is 15.3 Å². The van der Waals surface area contributed by atoms with E-state index < -0.39 is 0 Å². The molecule has 184 valence electrons. The zero-order valence-electron chi connectivity index (χ0n) is 21.5. The van der Waals surface area contributed by atoms with E-state index in [1.54, 1.807) is 0 Å². The zero-order chi connectivity index (χ0) is 23.1. The van der Waals surface area contributed by atoms with Crippen molar-refractivity contribution in [1.82, 2.24) is 10.2 Å². The first-order valence-corrected chi connectivity index (χ1v) is 13.7. The Kier molecular flexibility index (Phi) is 7.33. The van der Waals surface area contributed by atoms with Gasteiger partial charge in [-0.3, -0.25) is 4.79 Å². The molecule has 0 radical (unpaired) electrons. The number of hydrogen-bond donors (Lipinski definition) is 2. The molecule has 4 nitrogen and oxygen atoms in total. The first kappa shape index (κ1) is 24.5. The molecule has 4 heteroatoms. The molecule has 1 amide bonds. The third kappa shape index (κ3) is 4.52. The van der Waals surface area contributed by atoms with Gasteiger partial charge in [0.25, 0.3) is 0 Å². The Morgan fingerprint density at radius 3 is 2.50 bits per heavy atom. The molecule has 9 atom stereocenters. The zero-order valence-corrected chi connectivity index (χ0v) is 21.5. The highest BCUT2D eigenvalue weighted by atomic mass is 16.3. The summed E-state index contributed by atoms with van der Waals surface area (Å²) in [4.78, 5) is 14.5. The van der Waals surface area contributed by atoms with E-state index in [2.05, 4.69) is 31.0 Å². The van der Waals surface area contributed by atoms with Crippen LogP contribution in [0.15, 0.2) is 0 Å². The van der Waals surface area contributed by atoms with Gasteiger partial charge >= 0.3 is 0 Å². The number of amides is 1. The average Bonchev–Trinajstić information content (AvgIpc) is 3.09. The second-order valence-corrected chi connectivity index (χ2v) is 13.0. The molecule has 4 aliphatic carbocycles. The fourth-order valence-electron chi connectivity index (χ4n) is 9.28. The topological polar surface area (TPSA) is 52.6 Å². The third-order valence-electron chi connectivity index (χ3n) is 11.1. The highest BCUT2D eigenvalue weighted by Crippen LogP contribution is 2.68. The van der Waals surface area contributed by atoms with Gasteiger partial charge in [0.15, 0.2) is 0 Å². The van der Waals surface area contributed by atoms with Gasteiger partial charge in [-0.1, -0.05) is 20.8 Å². The van der Waals surface area contributed by atoms with Crippen LogP contribution in [0.25, 0.3) is 0 Å². The minimum atomic E-state index is -0.0460. The van der Waals surface area contributed by atoms with Crippen molar-refractivity contribution in [3.8, 4) is 0 Å². The standard InChI is InChI=1S/C28H50N2O2/c1-19(6-11-26(32)29-16-17-30(4)5)23-9-10-24-22-8-7-20-18-21(31)12-14-27(20,2)25(22)13-15-28(23,24)3/h19-25,31H,6-18H2,1-5H3,(H,29,32)/t19?,20?,21-,22?,23-,24?,25?,27+,28-/m1/s1. The highest BCUT2D eigenvalue weighted by Gasteiger charge is 2.60. The maximum atomic E-state index is 12.3. The molecule has 4 aliphatic rings. The minimum Gasteiger partial charge on any atom is -0.393 e. The molecule has 0 saturated heterocycles. The molecular weight excluding hydrogens is 396 g/mol. The van der Waals surface area contributed by atoms with Gasteiger partial charge in [0.05, 0.1) is 6.10 Å². The fourth-order valence-corrected chi connectivity index (χ4v) is 9.28. The average molecular weight is 447 g/mol. The van der Waals surface area contributed by atoms with E-state index in [-0.39, 0.29) is 12.0 Å². The quantitative estimate of drug-likeness (QED) is 0.572. The van der Waals surface area contributed by atoms with E-state index in [4.69, 9.17) is 0 Å². The molecule has 32 heavy (non-hydrogen) atoms. The predicted molar refractivity (Wildman–Crippen MR) is 131 cm³/mol. The maximum Gasteiger partial charge on any atom is 0.220 e. The van der Waals surface area contributed by atoms with Gasteiger partial charge in [0.2, 0.25) is 5.91 Å². The Morgan fingerprint density at radius 2 is 1.75 bits per heavy atom. The summed E-state index contributed by atoms with van der Waals surface area (Å²) in [6, 6.07) is 0. The van der Waals surface area contributed by atoms with Crippen LogP contribution in [0.3, 0.4) is 0 Å². The van der Waals surface area contributed by atoms with Crippen molar-refractivity contribution in [3.63, 3.8) is 0 Å². The number of carbonyl (C=O) groups is 1. The lowest BCUT2D eigenvalue weighted by Gasteiger charge is -2.61. The van der Waals surface area contributed by atoms with Gasteiger partial charge in [-0.2, -0.15) is 0 Å². The maximum absolute atomic E-state index is 12.3. The summed E-state index contributed by atoms with van der Waals surface area (Å²) in [7, 11) is 4.09. The third-order valence-corrected chi connectivity index (χ3v) is 11.1. The van der Waals surface area contributed by atoms with E-state index in [1.165, 1.54) is 44.9 Å². The van der Waals surface area contributed by atoms with Crippen molar-refractivity contribution in [1.29, 1.82) is 0 Å². The Bertz CT molecular complexity index is 666. The highest BCUT2D eigenvalue weighted by molar-refractivity contribution is 5.75. The Labute approximate surface area is 197 Å². The lowest BCUT2D eigenvalue weighted by atomic mass is 9.44. The summed E-state index contributed by atoms with van der Waals surface area (Å²) in [6.07, 6.45) is 13.3. The van der Waals surface area contributed by atoms with E-state index in [1.807, 2.05) is 14.1 Å². The molecular formula is C28H50N2O2. The van der Waals surface area contributed by atoms with Crippen LogP contribution in [0.5, 0.6) is 0 Å². The van der Waals surface area contributed by atoms with Crippen LogP contribution in [-0.4, -0.2) is 49.2 Å². The normalized spacial score (nSPS) is 44.5. The fraction of sp³-hybridized carbons (Fsp3) is 0.964. The summed E-state index contributed by atoms with van der Waals surface area (Å²) in [5, 5.41) is 13.4. The van der Waals surface area contributed by atoms with Crippen molar-refractivity contribution in [3.05, 3.63) is 0 Å². The Hall–Kier alpha value is -0.610. The molecule has 0 aromatic carbocycles.